The van der Waals surface area contributed by atoms with Gasteiger partial charge in [0, 0.05) is 55.3 Å². The van der Waals surface area contributed by atoms with Gasteiger partial charge in [-0.3, -0.25) is 9.89 Å². The number of H-pyrrole nitrogens is 1. The Morgan fingerprint density at radius 2 is 1.94 bits per heavy atom. The summed E-state index contributed by atoms with van der Waals surface area (Å²) in [5.41, 5.74) is 4.85. The summed E-state index contributed by atoms with van der Waals surface area (Å²) in [6.07, 6.45) is 2.53. The van der Waals surface area contributed by atoms with Gasteiger partial charge in [-0.05, 0) is 40.5 Å². The van der Waals surface area contributed by atoms with Gasteiger partial charge in [0.1, 0.15) is 5.60 Å². The molecule has 0 radical (unpaired) electrons. The first-order valence-corrected chi connectivity index (χ1v) is 11.1. The predicted octanol–water partition coefficient (Wildman–Crippen LogP) is 4.06. The molecule has 1 aromatic carbocycles. The molecule has 7 nitrogen and oxygen atoms in total. The first kappa shape index (κ1) is 21.4. The Balaban J connectivity index is 1.44. The number of fused-ring (bicyclic) bond motifs is 1. The van der Waals surface area contributed by atoms with Crippen molar-refractivity contribution in [2.24, 2.45) is 0 Å². The molecule has 1 atom stereocenters. The zero-order valence-electron chi connectivity index (χ0n) is 18.9. The lowest BCUT2D eigenvalue weighted by Crippen LogP contribution is -2.43. The van der Waals surface area contributed by atoms with E-state index in [-0.39, 0.29) is 18.0 Å². The second kappa shape index (κ2) is 8.36. The molecule has 0 bridgehead atoms. The summed E-state index contributed by atoms with van der Waals surface area (Å²) in [6, 6.07) is 8.21. The van der Waals surface area contributed by atoms with Crippen molar-refractivity contribution in [3.63, 3.8) is 0 Å². The Morgan fingerprint density at radius 1 is 1.19 bits per heavy atom. The molecule has 2 aliphatic heterocycles. The van der Waals surface area contributed by atoms with E-state index < -0.39 is 5.60 Å². The molecule has 7 heteroatoms. The molecule has 166 valence electrons. The van der Waals surface area contributed by atoms with E-state index >= 15 is 0 Å². The van der Waals surface area contributed by atoms with Crippen molar-refractivity contribution in [2.45, 2.75) is 71.6 Å². The Kier molecular flexibility index (Phi) is 5.77. The minimum Gasteiger partial charge on any atom is -0.444 e. The van der Waals surface area contributed by atoms with E-state index in [9.17, 15) is 9.59 Å². The standard InChI is InChI=1S/C24H32N4O3/c1-16-7-9-17(10-8-16)22-19-15-27(13-11-20(19)25-26-22)21(29)14-18-6-5-12-28(18)23(30)31-24(2,3)4/h7-10,18H,5-6,11-15H2,1-4H3,(H,25,26)/t18-/m0/s1. The van der Waals surface area contributed by atoms with Gasteiger partial charge < -0.3 is 14.5 Å². The molecule has 2 aliphatic rings. The van der Waals surface area contributed by atoms with Crippen LogP contribution >= 0.6 is 0 Å². The van der Waals surface area contributed by atoms with Crippen LogP contribution in [0.1, 0.15) is 56.9 Å². The van der Waals surface area contributed by atoms with Crippen molar-refractivity contribution in [1.82, 2.24) is 20.0 Å². The van der Waals surface area contributed by atoms with Crippen LogP contribution in [0.2, 0.25) is 0 Å². The van der Waals surface area contributed by atoms with Crippen LogP contribution in [0, 0.1) is 6.92 Å². The highest BCUT2D eigenvalue weighted by molar-refractivity contribution is 5.79. The molecule has 2 aromatic rings. The third kappa shape index (κ3) is 4.75. The number of ether oxygens (including phenoxy) is 1. The Hall–Kier alpha value is -2.83. The first-order valence-electron chi connectivity index (χ1n) is 11.1. The van der Waals surface area contributed by atoms with Crippen LogP contribution in [-0.4, -0.2) is 56.7 Å². The number of carbonyl (C=O) groups excluding carboxylic acids is 2. The fourth-order valence-corrected chi connectivity index (χ4v) is 4.40. The van der Waals surface area contributed by atoms with Crippen LogP contribution in [0.25, 0.3) is 11.3 Å². The number of likely N-dealkylation sites (tertiary alicyclic amines) is 1. The summed E-state index contributed by atoms with van der Waals surface area (Å²) in [5.74, 6) is 0.0853. The lowest BCUT2D eigenvalue weighted by atomic mass is 9.99. The topological polar surface area (TPSA) is 78.5 Å². The molecule has 0 aliphatic carbocycles. The van der Waals surface area contributed by atoms with E-state index in [2.05, 4.69) is 41.4 Å². The minimum absolute atomic E-state index is 0.0853. The van der Waals surface area contributed by atoms with Gasteiger partial charge in [-0.15, -0.1) is 0 Å². The molecular formula is C24H32N4O3. The van der Waals surface area contributed by atoms with Crippen molar-refractivity contribution in [3.8, 4) is 11.3 Å². The maximum absolute atomic E-state index is 13.1. The lowest BCUT2D eigenvalue weighted by molar-refractivity contribution is -0.133. The molecule has 31 heavy (non-hydrogen) atoms. The third-order valence-electron chi connectivity index (χ3n) is 6.03. The SMILES string of the molecule is Cc1ccc(-c2n[nH]c3c2CN(C(=O)C[C@@H]2CCCN2C(=O)OC(C)(C)C)CC3)cc1. The van der Waals surface area contributed by atoms with Crippen molar-refractivity contribution in [3.05, 3.63) is 41.1 Å². The van der Waals surface area contributed by atoms with Crippen LogP contribution in [0.3, 0.4) is 0 Å². The number of hydrogen-bond donors (Lipinski definition) is 1. The molecule has 1 aromatic heterocycles. The number of benzene rings is 1. The van der Waals surface area contributed by atoms with E-state index in [0.717, 1.165) is 41.8 Å². The summed E-state index contributed by atoms with van der Waals surface area (Å²) < 4.78 is 5.54. The molecular weight excluding hydrogens is 392 g/mol. The van der Waals surface area contributed by atoms with Crippen molar-refractivity contribution < 1.29 is 14.3 Å². The van der Waals surface area contributed by atoms with E-state index in [0.29, 0.717) is 26.1 Å². The van der Waals surface area contributed by atoms with Gasteiger partial charge in [0.25, 0.3) is 0 Å². The van der Waals surface area contributed by atoms with Gasteiger partial charge >= 0.3 is 6.09 Å². The van der Waals surface area contributed by atoms with E-state index in [1.807, 2.05) is 25.7 Å². The zero-order chi connectivity index (χ0) is 22.2. The number of aromatic amines is 1. The Bertz CT molecular complexity index is 958. The molecule has 0 unspecified atom stereocenters. The molecule has 3 heterocycles. The third-order valence-corrected chi connectivity index (χ3v) is 6.03. The number of amides is 2. The highest BCUT2D eigenvalue weighted by atomic mass is 16.6. The molecule has 1 saturated heterocycles. The molecule has 4 rings (SSSR count). The van der Waals surface area contributed by atoms with E-state index in [4.69, 9.17) is 4.74 Å². The van der Waals surface area contributed by atoms with Crippen LogP contribution < -0.4 is 0 Å². The van der Waals surface area contributed by atoms with Gasteiger partial charge in [-0.25, -0.2) is 4.79 Å². The van der Waals surface area contributed by atoms with Gasteiger partial charge in [0.2, 0.25) is 5.91 Å². The van der Waals surface area contributed by atoms with Crippen LogP contribution in [0.15, 0.2) is 24.3 Å². The maximum atomic E-state index is 13.1. The number of aryl methyl sites for hydroxylation is 1. The average molecular weight is 425 g/mol. The fourth-order valence-electron chi connectivity index (χ4n) is 4.40. The van der Waals surface area contributed by atoms with Gasteiger partial charge in [-0.1, -0.05) is 29.8 Å². The number of hydrogen-bond acceptors (Lipinski definition) is 4. The van der Waals surface area contributed by atoms with Gasteiger partial charge in [0.15, 0.2) is 0 Å². The van der Waals surface area contributed by atoms with Crippen molar-refractivity contribution in [1.29, 1.82) is 0 Å². The average Bonchev–Trinajstić information content (AvgIpc) is 3.33. The highest BCUT2D eigenvalue weighted by Gasteiger charge is 2.35. The summed E-state index contributed by atoms with van der Waals surface area (Å²) in [7, 11) is 0. The number of nitrogens with zero attached hydrogens (tertiary/aromatic N) is 3. The van der Waals surface area contributed by atoms with Gasteiger partial charge in [-0.2, -0.15) is 5.10 Å². The normalized spacial score (nSPS) is 18.8. The van der Waals surface area contributed by atoms with Crippen LogP contribution in [-0.2, 0) is 22.5 Å². The molecule has 2 amide bonds. The molecule has 1 N–H and O–H groups in total. The molecule has 0 spiro atoms. The zero-order valence-corrected chi connectivity index (χ0v) is 18.9. The fraction of sp³-hybridized carbons (Fsp3) is 0.542. The van der Waals surface area contributed by atoms with Crippen LogP contribution in [0.5, 0.6) is 0 Å². The van der Waals surface area contributed by atoms with Crippen LogP contribution in [0.4, 0.5) is 4.79 Å². The second-order valence-corrected chi connectivity index (χ2v) is 9.63. The monoisotopic (exact) mass is 424 g/mol. The van der Waals surface area contributed by atoms with Crippen molar-refractivity contribution in [2.75, 3.05) is 13.1 Å². The first-order chi connectivity index (χ1) is 14.7. The predicted molar refractivity (Wildman–Crippen MR) is 118 cm³/mol. The smallest absolute Gasteiger partial charge is 0.410 e. The number of aromatic nitrogens is 2. The van der Waals surface area contributed by atoms with Crippen molar-refractivity contribution >= 4 is 12.0 Å². The lowest BCUT2D eigenvalue weighted by Gasteiger charge is -2.31. The summed E-state index contributed by atoms with van der Waals surface area (Å²) in [6.45, 7) is 9.52. The Morgan fingerprint density at radius 3 is 2.65 bits per heavy atom. The molecule has 0 saturated carbocycles. The number of rotatable bonds is 3. The Labute approximate surface area is 183 Å². The highest BCUT2D eigenvalue weighted by Crippen LogP contribution is 2.30. The maximum Gasteiger partial charge on any atom is 0.410 e. The number of carbonyl (C=O) groups is 2. The van der Waals surface area contributed by atoms with E-state index in [1.165, 1.54) is 5.56 Å². The minimum atomic E-state index is -0.537. The number of nitrogens with one attached hydrogen (secondary N) is 1. The second-order valence-electron chi connectivity index (χ2n) is 9.63. The summed E-state index contributed by atoms with van der Waals surface area (Å²) >= 11 is 0. The summed E-state index contributed by atoms with van der Waals surface area (Å²) in [4.78, 5) is 29.3. The summed E-state index contributed by atoms with van der Waals surface area (Å²) in [5, 5.41) is 7.69. The molecule has 1 fully saturated rings. The largest absolute Gasteiger partial charge is 0.444 e. The van der Waals surface area contributed by atoms with Gasteiger partial charge in [0.05, 0.1) is 5.69 Å². The van der Waals surface area contributed by atoms with E-state index in [1.54, 1.807) is 4.90 Å². The quantitative estimate of drug-likeness (QED) is 0.806.